The number of ether oxygens (including phenoxy) is 2. The summed E-state index contributed by atoms with van der Waals surface area (Å²) in [6.07, 6.45) is 23.8. The first-order valence-electron chi connectivity index (χ1n) is 42.3. The van der Waals surface area contributed by atoms with Gasteiger partial charge in [-0.15, -0.1) is 0 Å². The molecule has 130 heavy (non-hydrogen) atoms. The molecule has 14 N–H and O–H groups in total. The van der Waals surface area contributed by atoms with Crippen molar-refractivity contribution in [1.29, 1.82) is 0 Å². The summed E-state index contributed by atoms with van der Waals surface area (Å²) in [7, 11) is 0. The topological polar surface area (TPSA) is 527 Å². The number of carbonyl (C=O) groups excluding carboxylic acids is 2. The number of aromatic nitrogens is 26. The Hall–Kier alpha value is -16.5. The summed E-state index contributed by atoms with van der Waals surface area (Å²) in [5, 5.41) is 15.4. The molecular weight excluding hydrogens is 1650 g/mol. The SMILES string of the molecule is CC(C)(C)c1ccc(C(=O)Nc2nc3c(c(=O)[nH]2)CC=N3)cc1.CC(Nc1ncnc2nc[nH]c12)c1ccccc1.CCC(C)Nc1ncnc2nc[nH]c12.CCCCCC(=O)Nc1ncnc2nc[nH]c12.CCN(Cc1ccccc1)c1ncnc2nc[nH]c12.Cc1cc(C)cc(CNc2ncnc3nc[nH]c23)c1.Nc1nc(OCCOc2ccccc2)c2[nH]cnc2n1. The van der Waals surface area contributed by atoms with Gasteiger partial charge in [-0.25, -0.2) is 84.7 Å². The molecule has 0 saturated carbocycles. The van der Waals surface area contributed by atoms with E-state index in [4.69, 9.17) is 15.2 Å². The van der Waals surface area contributed by atoms with Gasteiger partial charge in [-0.05, 0) is 99.4 Å². The highest BCUT2D eigenvalue weighted by Gasteiger charge is 2.21. The molecule has 39 heteroatoms. The van der Waals surface area contributed by atoms with Crippen molar-refractivity contribution in [2.75, 3.05) is 57.0 Å². The molecule has 0 spiro atoms. The fourth-order valence-corrected chi connectivity index (χ4v) is 13.2. The van der Waals surface area contributed by atoms with E-state index in [0.717, 1.165) is 102 Å². The van der Waals surface area contributed by atoms with Gasteiger partial charge in [0.2, 0.25) is 23.7 Å². The molecule has 0 bridgehead atoms. The first-order chi connectivity index (χ1) is 63.2. The number of para-hydroxylation sites is 1. The number of aromatic amines is 7. The first-order valence-corrected chi connectivity index (χ1v) is 42.3. The molecule has 0 saturated heterocycles. The molecule has 13 aromatic heterocycles. The van der Waals surface area contributed by atoms with E-state index in [-0.39, 0.29) is 40.7 Å². The van der Waals surface area contributed by atoms with Gasteiger partial charge in [0, 0.05) is 50.3 Å². The number of imidazole rings is 6. The average Bonchev–Trinajstić information content (AvgIpc) is 1.55. The maximum atomic E-state index is 12.3. The summed E-state index contributed by atoms with van der Waals surface area (Å²) >= 11 is 0. The van der Waals surface area contributed by atoms with E-state index >= 15 is 0 Å². The van der Waals surface area contributed by atoms with Gasteiger partial charge >= 0.3 is 0 Å². The van der Waals surface area contributed by atoms with Crippen LogP contribution in [0, 0.1) is 13.8 Å². The van der Waals surface area contributed by atoms with Crippen LogP contribution in [0.3, 0.4) is 0 Å². The maximum Gasteiger partial charge on any atom is 0.258 e. The van der Waals surface area contributed by atoms with Crippen LogP contribution in [-0.2, 0) is 29.7 Å². The predicted octanol–water partition coefficient (Wildman–Crippen LogP) is 14.9. The third-order valence-corrected chi connectivity index (χ3v) is 20.0. The highest BCUT2D eigenvalue weighted by atomic mass is 16.5. The minimum absolute atomic E-state index is 0.0203. The highest BCUT2D eigenvalue weighted by Crippen LogP contribution is 2.28. The number of nitrogens with one attached hydrogen (secondary N) is 12. The normalized spacial score (nSPS) is 11.6. The molecule has 1 aliphatic rings. The van der Waals surface area contributed by atoms with Gasteiger partial charge in [-0.3, -0.25) is 24.7 Å². The Morgan fingerprint density at radius 1 is 0.523 bits per heavy atom. The van der Waals surface area contributed by atoms with Crippen molar-refractivity contribution < 1.29 is 19.1 Å². The van der Waals surface area contributed by atoms with Gasteiger partial charge in [0.05, 0.1) is 49.6 Å². The zero-order valence-electron chi connectivity index (χ0n) is 73.6. The number of aliphatic imine (C=N–C) groups is 1. The first kappa shape index (κ1) is 91.2. The number of benzene rings is 5. The fraction of sp³-hybridized carbons (Fsp3) is 0.264. The second-order valence-corrected chi connectivity index (χ2v) is 30.7. The fourth-order valence-electron chi connectivity index (χ4n) is 13.2. The zero-order valence-corrected chi connectivity index (χ0v) is 73.6. The molecule has 18 aromatic rings. The van der Waals surface area contributed by atoms with Gasteiger partial charge in [0.15, 0.2) is 68.8 Å². The van der Waals surface area contributed by atoms with E-state index in [1.807, 2.05) is 66.7 Å². The number of nitrogen functional groups attached to an aromatic ring is 1. The van der Waals surface area contributed by atoms with Crippen molar-refractivity contribution in [1.82, 2.24) is 130 Å². The van der Waals surface area contributed by atoms with Crippen molar-refractivity contribution >= 4 is 132 Å². The molecule has 19 rings (SSSR count). The molecule has 2 atom stereocenters. The number of H-pyrrole nitrogens is 7. The van der Waals surface area contributed by atoms with E-state index < -0.39 is 0 Å². The van der Waals surface area contributed by atoms with Gasteiger partial charge < -0.3 is 71.3 Å². The third-order valence-electron chi connectivity index (χ3n) is 20.0. The molecule has 39 nitrogen and oxygen atoms in total. The molecule has 5 aromatic carbocycles. The zero-order chi connectivity index (χ0) is 91.1. The number of amides is 2. The van der Waals surface area contributed by atoms with Gasteiger partial charge in [0.1, 0.15) is 83.7 Å². The number of hydrogen-bond donors (Lipinski definition) is 13. The lowest BCUT2D eigenvalue weighted by Gasteiger charge is -2.22. The summed E-state index contributed by atoms with van der Waals surface area (Å²) in [4.78, 5) is 141. The minimum Gasteiger partial charge on any atom is -0.490 e. The van der Waals surface area contributed by atoms with Crippen molar-refractivity contribution in [3.05, 3.63) is 258 Å². The molecule has 0 aliphatic carbocycles. The molecule has 1 aliphatic heterocycles. The quantitative estimate of drug-likeness (QED) is 0.0236. The molecule has 2 unspecified atom stereocenters. The second kappa shape index (κ2) is 44.9. The second-order valence-electron chi connectivity index (χ2n) is 30.7. The molecule has 2 amide bonds. The Labute approximate surface area is 746 Å². The van der Waals surface area contributed by atoms with Crippen molar-refractivity contribution in [3.8, 4) is 11.6 Å². The number of anilines is 7. The van der Waals surface area contributed by atoms with E-state index in [1.54, 1.807) is 50.0 Å². The van der Waals surface area contributed by atoms with Gasteiger partial charge in [0.25, 0.3) is 11.5 Å². The van der Waals surface area contributed by atoms with Crippen molar-refractivity contribution in [2.24, 2.45) is 4.99 Å². The molecule has 0 radical (unpaired) electrons. The summed E-state index contributed by atoms with van der Waals surface area (Å²) in [6, 6.07) is 44.6. The number of fused-ring (bicyclic) bond motifs is 7. The van der Waals surface area contributed by atoms with Crippen LogP contribution < -0.4 is 52.3 Å². The molecular formula is C91H102N34O5. The van der Waals surface area contributed by atoms with Crippen LogP contribution in [0.2, 0.25) is 0 Å². The lowest BCUT2D eigenvalue weighted by Crippen LogP contribution is -2.23. The lowest BCUT2D eigenvalue weighted by atomic mass is 9.87. The number of carbonyl (C=O) groups is 2. The van der Waals surface area contributed by atoms with E-state index in [1.165, 1.54) is 65.8 Å². The summed E-state index contributed by atoms with van der Waals surface area (Å²) < 4.78 is 11.1. The number of nitrogens with zero attached hydrogens (tertiary/aromatic N) is 21. The third kappa shape index (κ3) is 25.2. The number of nitrogens with two attached hydrogens (primary N) is 1. The number of aryl methyl sites for hydroxylation is 2. The van der Waals surface area contributed by atoms with E-state index in [9.17, 15) is 14.4 Å². The molecule has 14 heterocycles. The predicted molar refractivity (Wildman–Crippen MR) is 503 cm³/mol. The van der Waals surface area contributed by atoms with E-state index in [0.29, 0.717) is 106 Å². The smallest absolute Gasteiger partial charge is 0.258 e. The monoisotopic (exact) mass is 1750 g/mol. The van der Waals surface area contributed by atoms with Crippen LogP contribution in [0.25, 0.3) is 67.0 Å². The number of rotatable bonds is 25. The van der Waals surface area contributed by atoms with E-state index in [2.05, 4.69) is 290 Å². The summed E-state index contributed by atoms with van der Waals surface area (Å²) in [5.74, 6) is 5.20. The Balaban J connectivity index is 0.000000130. The molecule has 666 valence electrons. The van der Waals surface area contributed by atoms with Crippen LogP contribution in [-0.4, -0.2) is 173 Å². The van der Waals surface area contributed by atoms with Crippen LogP contribution in [0.4, 0.5) is 46.8 Å². The van der Waals surface area contributed by atoms with Gasteiger partial charge in [-0.2, -0.15) is 15.0 Å². The standard InChI is InChI=1S/C17H18N4O2.2C14H15N5.C13H13N5O2.C13H13N5.C11H15N5O.C9H13N5/c1-17(2,3)11-6-4-10(5-7-11)14(22)20-16-19-13-12(8-9-18-13)15(23)21-16;1-9-3-10(2)5-11(4-9)6-15-13-12-14(17-7-16-12)19-8-18-13;1-2-19(8-11-6-4-3-5-7-11)14-12-13(16-9-15-12)17-10-18-14;14-13-17-11-10(15-8-16-11)12(18-13)20-7-6-19-9-4-2-1-3-5-9;1-9(10-5-3-2-4-6-10)18-13-11-12(15-7-14-11)16-8-17-13;1-2-3-4-5-8(17)16-11-9-10(13-6-12-9)14-7-15-11;1-3-6(2)14-9-7-8(11-4-10-7)12-5-13-9/h4-7,9H,8H2,1-3H3,(H2,19,20,21,22,23);3-5,7-8H,6H2,1-2H3,(H2,15,16,17,18,19);3-7,9-10H,2,8H2,1H3,(H,15,16,17,18);1-5,8H,6-7H2,(H3,14,15,16,17,18);2-9H,1H3,(H2,14,15,16,17,18);6-7H,2-5H2,1H3,(H2,12,13,14,15,16,17);4-6H,3H2,1-2H3,(H2,10,11,12,13,14). The van der Waals surface area contributed by atoms with Gasteiger partial charge in [-0.1, -0.05) is 168 Å². The maximum absolute atomic E-state index is 12.3. The Morgan fingerprint density at radius 3 is 1.62 bits per heavy atom. The number of unbranched alkanes of at least 4 members (excludes halogenated alkanes) is 2. The Morgan fingerprint density at radius 2 is 1.04 bits per heavy atom. The summed E-state index contributed by atoms with van der Waals surface area (Å²) in [6.45, 7) is 24.3. The number of hydrogen-bond acceptors (Lipinski definition) is 30. The van der Waals surface area contributed by atoms with Crippen LogP contribution in [0.5, 0.6) is 11.6 Å². The van der Waals surface area contributed by atoms with Crippen LogP contribution in [0.15, 0.2) is 213 Å². The minimum atomic E-state index is -0.324. The van der Waals surface area contributed by atoms with Crippen LogP contribution in [0.1, 0.15) is 143 Å². The largest absolute Gasteiger partial charge is 0.490 e. The highest BCUT2D eigenvalue weighted by molar-refractivity contribution is 6.03. The Bertz CT molecular complexity index is 6730. The molecule has 0 fully saturated rings. The van der Waals surface area contributed by atoms with Crippen molar-refractivity contribution in [3.63, 3.8) is 0 Å². The van der Waals surface area contributed by atoms with Crippen molar-refractivity contribution in [2.45, 2.75) is 138 Å². The summed E-state index contributed by atoms with van der Waals surface area (Å²) in [5.41, 5.74) is 22.3. The van der Waals surface area contributed by atoms with Crippen LogP contribution >= 0.6 is 0 Å². The average molecular weight is 1750 g/mol. The lowest BCUT2D eigenvalue weighted by molar-refractivity contribution is -0.116. The Kier molecular flexibility index (Phi) is 31.5.